The lowest BCUT2D eigenvalue weighted by atomic mass is 10.1. The lowest BCUT2D eigenvalue weighted by molar-refractivity contribution is -0.121. The molecule has 3 N–H and O–H groups in total. The monoisotopic (exact) mass is 282 g/mol. The number of aromatic nitrogens is 2. The van der Waals surface area contributed by atoms with Crippen molar-refractivity contribution in [2.24, 2.45) is 5.73 Å². The molecule has 5 nitrogen and oxygen atoms in total. The van der Waals surface area contributed by atoms with E-state index in [0.717, 1.165) is 11.1 Å². The molecule has 5 heteroatoms. The summed E-state index contributed by atoms with van der Waals surface area (Å²) in [5.74, 6) is 5.79. The lowest BCUT2D eigenvalue weighted by Crippen LogP contribution is -2.24. The van der Waals surface area contributed by atoms with Crippen molar-refractivity contribution < 1.29 is 4.79 Å². The minimum Gasteiger partial charge on any atom is -0.352 e. The van der Waals surface area contributed by atoms with Gasteiger partial charge in [0.25, 0.3) is 0 Å². The lowest BCUT2D eigenvalue weighted by Gasteiger charge is -2.06. The minimum absolute atomic E-state index is 0.00365. The number of carbonyl (C=O) groups excluding carboxylic acids is 1. The molecule has 1 aromatic carbocycles. The van der Waals surface area contributed by atoms with Crippen LogP contribution in [0.3, 0.4) is 0 Å². The molecular formula is C16H18N4O. The van der Waals surface area contributed by atoms with Gasteiger partial charge in [0.05, 0.1) is 6.54 Å². The highest BCUT2D eigenvalue weighted by Gasteiger charge is 2.02. The first kappa shape index (κ1) is 14.8. The molecule has 0 spiro atoms. The van der Waals surface area contributed by atoms with E-state index in [0.29, 0.717) is 26.1 Å². The van der Waals surface area contributed by atoms with Gasteiger partial charge in [-0.2, -0.15) is 5.10 Å². The van der Waals surface area contributed by atoms with Crippen molar-refractivity contribution in [1.82, 2.24) is 15.1 Å². The molecule has 1 aromatic heterocycles. The number of benzene rings is 1. The zero-order chi connectivity index (χ0) is 14.9. The normalized spacial score (nSPS) is 9.76. The van der Waals surface area contributed by atoms with Crippen LogP contribution in [0.5, 0.6) is 0 Å². The van der Waals surface area contributed by atoms with Crippen LogP contribution in [0, 0.1) is 11.8 Å². The Labute approximate surface area is 124 Å². The minimum atomic E-state index is 0.00365. The summed E-state index contributed by atoms with van der Waals surface area (Å²) in [4.78, 5) is 11.8. The first-order valence-electron chi connectivity index (χ1n) is 6.80. The van der Waals surface area contributed by atoms with Crippen molar-refractivity contribution in [2.45, 2.75) is 19.5 Å². The first-order valence-corrected chi connectivity index (χ1v) is 6.80. The highest BCUT2D eigenvalue weighted by Crippen LogP contribution is 2.04. The van der Waals surface area contributed by atoms with Crippen molar-refractivity contribution in [2.75, 3.05) is 6.54 Å². The van der Waals surface area contributed by atoms with Crippen LogP contribution in [0.2, 0.25) is 0 Å². The van der Waals surface area contributed by atoms with E-state index in [4.69, 9.17) is 5.73 Å². The van der Waals surface area contributed by atoms with Crippen LogP contribution in [0.1, 0.15) is 17.5 Å². The number of hydrogen-bond donors (Lipinski definition) is 2. The first-order chi connectivity index (χ1) is 10.3. The van der Waals surface area contributed by atoms with E-state index in [-0.39, 0.29) is 5.91 Å². The summed E-state index contributed by atoms with van der Waals surface area (Å²) in [6.45, 7) is 1.42. The Morgan fingerprint density at radius 3 is 3.05 bits per heavy atom. The van der Waals surface area contributed by atoms with E-state index in [1.54, 1.807) is 10.9 Å². The summed E-state index contributed by atoms with van der Waals surface area (Å²) >= 11 is 0. The molecule has 0 fully saturated rings. The van der Waals surface area contributed by atoms with E-state index in [1.165, 1.54) is 0 Å². The van der Waals surface area contributed by atoms with Crippen LogP contribution in [0.15, 0.2) is 42.7 Å². The number of aryl methyl sites for hydroxylation is 1. The zero-order valence-electron chi connectivity index (χ0n) is 11.7. The van der Waals surface area contributed by atoms with E-state index in [9.17, 15) is 4.79 Å². The molecule has 0 saturated carbocycles. The van der Waals surface area contributed by atoms with Gasteiger partial charge in [-0.25, -0.2) is 0 Å². The highest BCUT2D eigenvalue weighted by atomic mass is 16.1. The molecule has 0 aliphatic heterocycles. The standard InChI is InChI=1S/C16H18N4O/c17-8-2-6-14-4-1-5-15(12-14)13-18-16(21)7-11-20-10-3-9-19-20/h1,3-5,9-10,12H,7-8,11,13,17H2,(H,18,21). The molecule has 21 heavy (non-hydrogen) atoms. The molecule has 0 atom stereocenters. The molecule has 2 aromatic rings. The molecular weight excluding hydrogens is 264 g/mol. The smallest absolute Gasteiger partial charge is 0.222 e. The van der Waals surface area contributed by atoms with Crippen LogP contribution < -0.4 is 11.1 Å². The Balaban J connectivity index is 1.80. The van der Waals surface area contributed by atoms with Gasteiger partial charge in [-0.1, -0.05) is 24.0 Å². The largest absolute Gasteiger partial charge is 0.352 e. The Bertz CT molecular complexity index is 638. The topological polar surface area (TPSA) is 72.9 Å². The van der Waals surface area contributed by atoms with E-state index < -0.39 is 0 Å². The predicted molar refractivity (Wildman–Crippen MR) is 81.1 cm³/mol. The fourth-order valence-corrected chi connectivity index (χ4v) is 1.85. The van der Waals surface area contributed by atoms with Gasteiger partial charge in [0.2, 0.25) is 5.91 Å². The van der Waals surface area contributed by atoms with Crippen LogP contribution in [-0.2, 0) is 17.9 Å². The van der Waals surface area contributed by atoms with Crippen LogP contribution in [0.4, 0.5) is 0 Å². The summed E-state index contributed by atoms with van der Waals surface area (Å²) in [6.07, 6.45) is 3.95. The molecule has 0 saturated heterocycles. The van der Waals surface area contributed by atoms with Gasteiger partial charge in [0, 0.05) is 37.5 Å². The summed E-state index contributed by atoms with van der Waals surface area (Å²) < 4.78 is 1.74. The molecule has 2 rings (SSSR count). The fraction of sp³-hybridized carbons (Fsp3) is 0.250. The average Bonchev–Trinajstić information content (AvgIpc) is 3.03. The van der Waals surface area contributed by atoms with Gasteiger partial charge in [-0.3, -0.25) is 9.48 Å². The van der Waals surface area contributed by atoms with Gasteiger partial charge in [0.1, 0.15) is 0 Å². The van der Waals surface area contributed by atoms with Crippen molar-refractivity contribution >= 4 is 5.91 Å². The number of carbonyl (C=O) groups is 1. The Kier molecular flexibility index (Phi) is 5.56. The summed E-state index contributed by atoms with van der Waals surface area (Å²) in [5.41, 5.74) is 7.27. The second-order valence-corrected chi connectivity index (χ2v) is 4.50. The molecule has 0 bridgehead atoms. The third-order valence-electron chi connectivity index (χ3n) is 2.88. The maximum absolute atomic E-state index is 11.8. The number of hydrogen-bond acceptors (Lipinski definition) is 3. The number of nitrogens with two attached hydrogens (primary N) is 1. The average molecular weight is 282 g/mol. The molecule has 0 radical (unpaired) electrons. The second kappa shape index (κ2) is 7.88. The van der Waals surface area contributed by atoms with Crippen molar-refractivity contribution in [3.05, 3.63) is 53.9 Å². The molecule has 0 unspecified atom stereocenters. The van der Waals surface area contributed by atoms with Crippen LogP contribution >= 0.6 is 0 Å². The zero-order valence-corrected chi connectivity index (χ0v) is 11.7. The van der Waals surface area contributed by atoms with E-state index in [1.807, 2.05) is 36.5 Å². The van der Waals surface area contributed by atoms with Crippen LogP contribution in [-0.4, -0.2) is 22.2 Å². The molecule has 1 heterocycles. The Morgan fingerprint density at radius 1 is 1.38 bits per heavy atom. The van der Waals surface area contributed by atoms with Gasteiger partial charge in [-0.15, -0.1) is 0 Å². The summed E-state index contributed by atoms with van der Waals surface area (Å²) in [6, 6.07) is 9.60. The van der Waals surface area contributed by atoms with Gasteiger partial charge < -0.3 is 11.1 Å². The van der Waals surface area contributed by atoms with Gasteiger partial charge >= 0.3 is 0 Å². The van der Waals surface area contributed by atoms with Gasteiger partial charge in [-0.05, 0) is 23.8 Å². The molecule has 108 valence electrons. The predicted octanol–water partition coefficient (Wildman–Crippen LogP) is 0.900. The van der Waals surface area contributed by atoms with E-state index >= 15 is 0 Å². The number of nitrogens with zero attached hydrogens (tertiary/aromatic N) is 2. The number of amides is 1. The van der Waals surface area contributed by atoms with Crippen LogP contribution in [0.25, 0.3) is 0 Å². The summed E-state index contributed by atoms with van der Waals surface area (Å²) in [5, 5.41) is 6.95. The van der Waals surface area contributed by atoms with Gasteiger partial charge in [0.15, 0.2) is 0 Å². The molecule has 0 aliphatic rings. The van der Waals surface area contributed by atoms with Crippen molar-refractivity contribution in [3.63, 3.8) is 0 Å². The quantitative estimate of drug-likeness (QED) is 0.800. The maximum Gasteiger partial charge on any atom is 0.222 e. The second-order valence-electron chi connectivity index (χ2n) is 4.50. The molecule has 0 aliphatic carbocycles. The Hall–Kier alpha value is -2.58. The fourth-order valence-electron chi connectivity index (χ4n) is 1.85. The number of rotatable bonds is 5. The van der Waals surface area contributed by atoms with Crippen molar-refractivity contribution in [1.29, 1.82) is 0 Å². The maximum atomic E-state index is 11.8. The molecule has 1 amide bonds. The highest BCUT2D eigenvalue weighted by molar-refractivity contribution is 5.75. The summed E-state index contributed by atoms with van der Waals surface area (Å²) in [7, 11) is 0. The van der Waals surface area contributed by atoms with Crippen molar-refractivity contribution in [3.8, 4) is 11.8 Å². The number of nitrogens with one attached hydrogen (secondary N) is 1. The Morgan fingerprint density at radius 2 is 2.29 bits per heavy atom. The van der Waals surface area contributed by atoms with E-state index in [2.05, 4.69) is 22.3 Å². The third kappa shape index (κ3) is 5.13. The SMILES string of the molecule is NCC#Cc1cccc(CNC(=O)CCn2cccn2)c1. The third-order valence-corrected chi connectivity index (χ3v) is 2.88.